The Balaban J connectivity index is 1.01. The summed E-state index contributed by atoms with van der Waals surface area (Å²) in [6.45, 7) is 9.18. The second-order valence-corrected chi connectivity index (χ2v) is 14.1. The Labute approximate surface area is 182 Å². The summed E-state index contributed by atoms with van der Waals surface area (Å²) in [5.41, 5.74) is -0.346. The van der Waals surface area contributed by atoms with Crippen molar-refractivity contribution in [2.45, 2.75) is 61.5 Å². The van der Waals surface area contributed by atoms with E-state index in [-0.39, 0.29) is 29.2 Å². The average molecular weight is 437 g/mol. The molecule has 0 aromatic heterocycles. The lowest BCUT2D eigenvalue weighted by atomic mass is 9.80. The second kappa shape index (κ2) is 6.34. The van der Waals surface area contributed by atoms with Gasteiger partial charge in [0.25, 0.3) is 0 Å². The van der Waals surface area contributed by atoms with Crippen LogP contribution < -0.4 is 0 Å². The van der Waals surface area contributed by atoms with Crippen LogP contribution in [0.1, 0.15) is 40.5 Å². The maximum Gasteiger partial charge on any atom is 0.309 e. The van der Waals surface area contributed by atoms with Gasteiger partial charge < -0.3 is 9.47 Å². The van der Waals surface area contributed by atoms with Crippen LogP contribution in [0.25, 0.3) is 0 Å². The molecule has 11 unspecified atom stereocenters. The highest BCUT2D eigenvalue weighted by molar-refractivity contribution is 8.08. The standard InChI is InChI=1S/C23H32O4S2/c1-9-11-5-13(19-17(11)28-19)15(9)21(24)26-7-23(3,4)8-27-22(25)16-10(2)12-6-14(16)20-18(12)29-20/h9-20H,5-8H2,1-4H3/t9?,10?,11?,12?,13-,14?,15?,16?,17?,18?,19?,20?/m0/s1. The van der Waals surface area contributed by atoms with Crippen molar-refractivity contribution in [3.63, 3.8) is 0 Å². The van der Waals surface area contributed by atoms with E-state index in [1.54, 1.807) is 0 Å². The minimum Gasteiger partial charge on any atom is -0.465 e. The maximum atomic E-state index is 12.8. The van der Waals surface area contributed by atoms with Gasteiger partial charge >= 0.3 is 11.9 Å². The summed E-state index contributed by atoms with van der Waals surface area (Å²) < 4.78 is 11.6. The predicted octanol–water partition coefficient (Wildman–Crippen LogP) is 3.87. The SMILES string of the molecule is CC1C2CC(C3SC23)C1C(=O)OCC(C)(C)COC(=O)C1C(C)C2C[C@@H]1C1SC21. The Morgan fingerprint density at radius 2 is 1.14 bits per heavy atom. The summed E-state index contributed by atoms with van der Waals surface area (Å²) in [5, 5.41) is 3.09. The fourth-order valence-electron chi connectivity index (χ4n) is 7.40. The highest BCUT2D eigenvalue weighted by Crippen LogP contribution is 2.70. The fraction of sp³-hybridized carbons (Fsp3) is 0.913. The summed E-state index contributed by atoms with van der Waals surface area (Å²) in [6.07, 6.45) is 2.43. The minimum atomic E-state index is -0.346. The van der Waals surface area contributed by atoms with E-state index in [0.29, 0.717) is 36.9 Å². The van der Waals surface area contributed by atoms with E-state index < -0.39 is 0 Å². The number of esters is 2. The van der Waals surface area contributed by atoms with Gasteiger partial charge in [0.1, 0.15) is 0 Å². The number of hydrogen-bond donors (Lipinski definition) is 0. The first-order valence-corrected chi connectivity index (χ1v) is 13.3. The Hall–Kier alpha value is -0.360. The lowest BCUT2D eigenvalue weighted by Gasteiger charge is -2.30. The van der Waals surface area contributed by atoms with E-state index in [2.05, 4.69) is 37.4 Å². The average Bonchev–Trinajstić information content (AvgIpc) is 3.53. The first-order valence-electron chi connectivity index (χ1n) is 11.4. The Kier molecular flexibility index (Phi) is 4.22. The molecule has 4 bridgehead atoms. The largest absolute Gasteiger partial charge is 0.465 e. The third-order valence-corrected chi connectivity index (χ3v) is 12.3. The van der Waals surface area contributed by atoms with Gasteiger partial charge in [0.05, 0.1) is 25.0 Å². The van der Waals surface area contributed by atoms with Gasteiger partial charge in [-0.15, -0.1) is 0 Å². The number of fused-ring (bicyclic) bond motifs is 10. The molecule has 0 amide bonds. The molecule has 6 aliphatic rings. The summed E-state index contributed by atoms with van der Waals surface area (Å²) >= 11 is 4.14. The molecule has 0 radical (unpaired) electrons. The molecule has 0 N–H and O–H groups in total. The van der Waals surface area contributed by atoms with Crippen LogP contribution in [0.15, 0.2) is 0 Å². The smallest absolute Gasteiger partial charge is 0.309 e. The summed E-state index contributed by atoms with van der Waals surface area (Å²) in [7, 11) is 0. The molecule has 2 saturated heterocycles. The van der Waals surface area contributed by atoms with Gasteiger partial charge in [-0.2, -0.15) is 23.5 Å². The van der Waals surface area contributed by atoms with Gasteiger partial charge in [-0.25, -0.2) is 0 Å². The second-order valence-electron chi connectivity index (χ2n) is 11.4. The Bertz CT molecular complexity index is 693. The molecule has 29 heavy (non-hydrogen) atoms. The molecule has 0 aromatic rings. The molecule has 4 nitrogen and oxygen atoms in total. The van der Waals surface area contributed by atoms with E-state index >= 15 is 0 Å². The summed E-state index contributed by atoms with van der Waals surface area (Å²) in [6, 6.07) is 0. The molecular formula is C23H32O4S2. The molecule has 0 spiro atoms. The van der Waals surface area contributed by atoms with Crippen molar-refractivity contribution in [1.29, 1.82) is 0 Å². The number of carbonyl (C=O) groups excluding carboxylic acids is 2. The molecule has 2 aliphatic heterocycles. The van der Waals surface area contributed by atoms with Crippen molar-refractivity contribution in [2.75, 3.05) is 13.2 Å². The molecule has 6 rings (SSSR count). The molecule has 0 aromatic carbocycles. The van der Waals surface area contributed by atoms with Crippen molar-refractivity contribution in [3.05, 3.63) is 0 Å². The highest BCUT2D eigenvalue weighted by atomic mass is 32.2. The first-order chi connectivity index (χ1) is 13.8. The van der Waals surface area contributed by atoms with E-state index in [0.717, 1.165) is 32.8 Å². The summed E-state index contributed by atoms with van der Waals surface area (Å²) in [5.74, 6) is 3.51. The zero-order chi connectivity index (χ0) is 20.2. The van der Waals surface area contributed by atoms with E-state index in [1.807, 2.05) is 13.8 Å². The number of carbonyl (C=O) groups is 2. The monoisotopic (exact) mass is 436 g/mol. The van der Waals surface area contributed by atoms with Crippen molar-refractivity contribution >= 4 is 35.5 Å². The zero-order valence-corrected chi connectivity index (χ0v) is 19.3. The zero-order valence-electron chi connectivity index (χ0n) is 17.7. The van der Waals surface area contributed by atoms with Crippen molar-refractivity contribution in [1.82, 2.24) is 0 Å². The maximum absolute atomic E-state index is 12.8. The van der Waals surface area contributed by atoms with Gasteiger partial charge in [0.2, 0.25) is 0 Å². The van der Waals surface area contributed by atoms with Gasteiger partial charge in [-0.05, 0) is 48.3 Å². The van der Waals surface area contributed by atoms with Gasteiger partial charge in [-0.1, -0.05) is 27.7 Å². The molecule has 2 heterocycles. The molecule has 4 saturated carbocycles. The number of ether oxygens (including phenoxy) is 2. The molecule has 160 valence electrons. The Morgan fingerprint density at radius 3 is 1.52 bits per heavy atom. The molecule has 6 fully saturated rings. The lowest BCUT2D eigenvalue weighted by molar-refractivity contribution is -0.161. The van der Waals surface area contributed by atoms with E-state index in [9.17, 15) is 9.59 Å². The van der Waals surface area contributed by atoms with Gasteiger partial charge in [0, 0.05) is 26.4 Å². The number of rotatable bonds is 6. The van der Waals surface area contributed by atoms with Crippen LogP contribution in [0.2, 0.25) is 0 Å². The third kappa shape index (κ3) is 2.86. The van der Waals surface area contributed by atoms with E-state index in [4.69, 9.17) is 9.47 Å². The van der Waals surface area contributed by atoms with Gasteiger partial charge in [0.15, 0.2) is 0 Å². The van der Waals surface area contributed by atoms with Crippen LogP contribution in [0, 0.1) is 52.8 Å². The van der Waals surface area contributed by atoms with Crippen LogP contribution in [0.4, 0.5) is 0 Å². The Morgan fingerprint density at radius 1 is 0.759 bits per heavy atom. The predicted molar refractivity (Wildman–Crippen MR) is 115 cm³/mol. The van der Waals surface area contributed by atoms with Gasteiger partial charge in [-0.3, -0.25) is 9.59 Å². The quantitative estimate of drug-likeness (QED) is 0.465. The topological polar surface area (TPSA) is 52.6 Å². The lowest BCUT2D eigenvalue weighted by Crippen LogP contribution is -2.37. The summed E-state index contributed by atoms with van der Waals surface area (Å²) in [4.78, 5) is 25.7. The molecule has 4 aliphatic carbocycles. The number of hydrogen-bond acceptors (Lipinski definition) is 6. The van der Waals surface area contributed by atoms with Crippen LogP contribution in [-0.2, 0) is 19.1 Å². The van der Waals surface area contributed by atoms with E-state index in [1.165, 1.54) is 12.8 Å². The highest BCUT2D eigenvalue weighted by Gasteiger charge is 2.68. The van der Waals surface area contributed by atoms with Crippen molar-refractivity contribution in [2.24, 2.45) is 52.8 Å². The van der Waals surface area contributed by atoms with Crippen molar-refractivity contribution in [3.8, 4) is 0 Å². The molecule has 6 heteroatoms. The molecule has 12 atom stereocenters. The van der Waals surface area contributed by atoms with Crippen LogP contribution >= 0.6 is 23.5 Å². The fourth-order valence-corrected chi connectivity index (χ4v) is 10.8. The first kappa shape index (κ1) is 19.3. The molecular weight excluding hydrogens is 404 g/mol. The van der Waals surface area contributed by atoms with Crippen LogP contribution in [0.5, 0.6) is 0 Å². The van der Waals surface area contributed by atoms with Crippen LogP contribution in [0.3, 0.4) is 0 Å². The minimum absolute atomic E-state index is 0.0196. The van der Waals surface area contributed by atoms with Crippen LogP contribution in [-0.4, -0.2) is 46.2 Å². The normalized spacial score (nSPS) is 52.8. The third-order valence-electron chi connectivity index (χ3n) is 9.06. The van der Waals surface area contributed by atoms with Crippen molar-refractivity contribution < 1.29 is 19.1 Å². The number of thioether (sulfide) groups is 2.